The van der Waals surface area contributed by atoms with Gasteiger partial charge in [0, 0.05) is 24.0 Å². The first-order chi connectivity index (χ1) is 9.54. The lowest BCUT2D eigenvalue weighted by Crippen LogP contribution is -2.23. The van der Waals surface area contributed by atoms with Crippen molar-refractivity contribution < 1.29 is 19.4 Å². The lowest BCUT2D eigenvalue weighted by molar-refractivity contribution is -0.144. The van der Waals surface area contributed by atoms with E-state index in [1.807, 2.05) is 0 Å². The predicted molar refractivity (Wildman–Crippen MR) is 72.9 cm³/mol. The molecule has 0 aliphatic heterocycles. The Morgan fingerprint density at radius 3 is 2.70 bits per heavy atom. The molecule has 0 saturated carbocycles. The van der Waals surface area contributed by atoms with Gasteiger partial charge in [0.05, 0.1) is 0 Å². The number of benzene rings is 1. The van der Waals surface area contributed by atoms with Gasteiger partial charge in [0.1, 0.15) is 11.4 Å². The zero-order valence-corrected chi connectivity index (χ0v) is 11.1. The summed E-state index contributed by atoms with van der Waals surface area (Å²) in [6.45, 7) is 1.45. The molecule has 1 heterocycles. The molecule has 2 aromatic rings. The normalized spacial score (nSPS) is 11.9. The van der Waals surface area contributed by atoms with Crippen LogP contribution in [-0.2, 0) is 4.79 Å². The van der Waals surface area contributed by atoms with E-state index in [0.717, 1.165) is 0 Å². The molecular weight excluding hydrogens is 260 g/mol. The summed E-state index contributed by atoms with van der Waals surface area (Å²) in [5.41, 5.74) is 0.276. The summed E-state index contributed by atoms with van der Waals surface area (Å²) in [4.78, 5) is 26.7. The van der Waals surface area contributed by atoms with Crippen molar-refractivity contribution in [2.45, 2.75) is 13.0 Å². The van der Waals surface area contributed by atoms with E-state index < -0.39 is 12.1 Å². The van der Waals surface area contributed by atoms with Gasteiger partial charge in [-0.05, 0) is 19.1 Å². The maximum absolute atomic E-state index is 11.8. The van der Waals surface area contributed by atoms with Crippen LogP contribution in [0.25, 0.3) is 10.8 Å². The van der Waals surface area contributed by atoms with Gasteiger partial charge in [-0.25, -0.2) is 4.79 Å². The summed E-state index contributed by atoms with van der Waals surface area (Å²) in [6, 6.07) is 6.78. The highest BCUT2D eigenvalue weighted by molar-refractivity contribution is 6.06. The molecule has 6 heteroatoms. The molecule has 104 valence electrons. The first-order valence-electron chi connectivity index (χ1n) is 6.04. The number of rotatable bonds is 4. The average molecular weight is 274 g/mol. The first kappa shape index (κ1) is 13.8. The number of nitrogens with zero attached hydrogens (tertiary/aromatic N) is 1. The number of carboxylic acid groups (broad SMARTS) is 1. The lowest BCUT2D eigenvalue weighted by Gasteiger charge is -2.13. The molecule has 0 fully saturated rings. The Hall–Kier alpha value is -2.63. The molecule has 1 atom stereocenters. The van der Waals surface area contributed by atoms with E-state index in [1.165, 1.54) is 20.2 Å². The molecule has 0 aliphatic carbocycles. The molecule has 0 spiro atoms. The summed E-state index contributed by atoms with van der Waals surface area (Å²) < 4.78 is 5.40. The summed E-state index contributed by atoms with van der Waals surface area (Å²) in [6.07, 6.45) is 0.516. The summed E-state index contributed by atoms with van der Waals surface area (Å²) in [7, 11) is 1.52. The van der Waals surface area contributed by atoms with E-state index in [0.29, 0.717) is 16.5 Å². The second-order valence-corrected chi connectivity index (χ2v) is 4.19. The molecule has 0 radical (unpaired) electrons. The highest BCUT2D eigenvalue weighted by Gasteiger charge is 2.16. The summed E-state index contributed by atoms with van der Waals surface area (Å²) in [5.74, 6) is -0.952. The Bertz CT molecular complexity index is 669. The van der Waals surface area contributed by atoms with Crippen LogP contribution in [0.5, 0.6) is 5.75 Å². The topological polar surface area (TPSA) is 88.5 Å². The fourth-order valence-corrected chi connectivity index (χ4v) is 1.82. The predicted octanol–water partition coefficient (Wildman–Crippen LogP) is 1.45. The van der Waals surface area contributed by atoms with E-state index in [-0.39, 0.29) is 11.6 Å². The van der Waals surface area contributed by atoms with Crippen LogP contribution in [0.2, 0.25) is 0 Å². The summed E-state index contributed by atoms with van der Waals surface area (Å²) >= 11 is 0. The Morgan fingerprint density at radius 1 is 1.30 bits per heavy atom. The molecule has 6 nitrogen and oxygen atoms in total. The second-order valence-electron chi connectivity index (χ2n) is 4.19. The van der Waals surface area contributed by atoms with Crippen molar-refractivity contribution in [2.24, 2.45) is 0 Å². The fourth-order valence-electron chi connectivity index (χ4n) is 1.82. The molecule has 1 amide bonds. The lowest BCUT2D eigenvalue weighted by atomic mass is 10.1. The van der Waals surface area contributed by atoms with Crippen LogP contribution < -0.4 is 10.1 Å². The number of fused-ring (bicyclic) bond motifs is 1. The summed E-state index contributed by atoms with van der Waals surface area (Å²) in [5, 5.41) is 12.7. The van der Waals surface area contributed by atoms with Gasteiger partial charge in [-0.3, -0.25) is 9.78 Å². The van der Waals surface area contributed by atoms with Crippen molar-refractivity contribution in [1.82, 2.24) is 10.3 Å². The minimum atomic E-state index is -1.05. The fraction of sp³-hybridized carbons (Fsp3) is 0.214. The van der Waals surface area contributed by atoms with E-state index >= 15 is 0 Å². The highest BCUT2D eigenvalue weighted by Crippen LogP contribution is 2.27. The van der Waals surface area contributed by atoms with Crippen LogP contribution in [0.3, 0.4) is 0 Å². The van der Waals surface area contributed by atoms with Crippen molar-refractivity contribution in [1.29, 1.82) is 0 Å². The van der Waals surface area contributed by atoms with Gasteiger partial charge < -0.3 is 15.2 Å². The maximum atomic E-state index is 11.8. The van der Waals surface area contributed by atoms with Crippen molar-refractivity contribution >= 4 is 22.6 Å². The van der Waals surface area contributed by atoms with Crippen LogP contribution >= 0.6 is 0 Å². The van der Waals surface area contributed by atoms with Crippen LogP contribution in [0.4, 0.5) is 0 Å². The Kier molecular flexibility index (Phi) is 3.84. The Morgan fingerprint density at radius 2 is 2.05 bits per heavy atom. The smallest absolute Gasteiger partial charge is 0.344 e. The molecule has 0 saturated heterocycles. The van der Waals surface area contributed by atoms with Crippen LogP contribution in [0, 0.1) is 0 Å². The van der Waals surface area contributed by atoms with E-state index in [4.69, 9.17) is 9.84 Å². The molecule has 1 aromatic carbocycles. The standard InChI is InChI=1S/C14H14N2O4/c1-8(14(18)19)20-11-5-3-4-10-9(11)6-7-16-12(10)13(17)15-2/h3-8H,1-2H3,(H,15,17)(H,18,19)/t8-/m0/s1. The SMILES string of the molecule is CNC(=O)c1nccc2c(O[C@@H](C)C(=O)O)cccc12. The van der Waals surface area contributed by atoms with Crippen molar-refractivity contribution in [3.8, 4) is 5.75 Å². The van der Waals surface area contributed by atoms with E-state index in [9.17, 15) is 9.59 Å². The van der Waals surface area contributed by atoms with Crippen molar-refractivity contribution in [3.63, 3.8) is 0 Å². The largest absolute Gasteiger partial charge is 0.479 e. The molecular formula is C14H14N2O4. The number of pyridine rings is 1. The number of aromatic nitrogens is 1. The molecule has 0 aliphatic rings. The third-order valence-electron chi connectivity index (χ3n) is 2.86. The molecule has 2 rings (SSSR count). The zero-order chi connectivity index (χ0) is 14.7. The first-order valence-corrected chi connectivity index (χ1v) is 6.04. The highest BCUT2D eigenvalue weighted by atomic mass is 16.5. The van der Waals surface area contributed by atoms with E-state index in [2.05, 4.69) is 10.3 Å². The zero-order valence-electron chi connectivity index (χ0n) is 11.1. The second kappa shape index (κ2) is 5.56. The third kappa shape index (κ3) is 2.54. The molecule has 1 aromatic heterocycles. The molecule has 2 N–H and O–H groups in total. The Labute approximate surface area is 115 Å². The molecule has 20 heavy (non-hydrogen) atoms. The quantitative estimate of drug-likeness (QED) is 0.880. The maximum Gasteiger partial charge on any atom is 0.344 e. The minimum absolute atomic E-state index is 0.276. The van der Waals surface area contributed by atoms with Gasteiger partial charge in [0.15, 0.2) is 6.10 Å². The van der Waals surface area contributed by atoms with Gasteiger partial charge in [0.2, 0.25) is 0 Å². The Balaban J connectivity index is 2.53. The number of carboxylic acids is 1. The van der Waals surface area contributed by atoms with Gasteiger partial charge in [-0.1, -0.05) is 12.1 Å². The van der Waals surface area contributed by atoms with Gasteiger partial charge in [-0.15, -0.1) is 0 Å². The number of carbonyl (C=O) groups excluding carboxylic acids is 1. The van der Waals surface area contributed by atoms with Crippen molar-refractivity contribution in [2.75, 3.05) is 7.05 Å². The monoisotopic (exact) mass is 274 g/mol. The van der Waals surface area contributed by atoms with Crippen LogP contribution in [0.15, 0.2) is 30.5 Å². The number of hydrogen-bond acceptors (Lipinski definition) is 4. The van der Waals surface area contributed by atoms with Gasteiger partial charge >= 0.3 is 5.97 Å². The van der Waals surface area contributed by atoms with E-state index in [1.54, 1.807) is 24.3 Å². The van der Waals surface area contributed by atoms with Gasteiger partial charge in [0.25, 0.3) is 5.91 Å². The van der Waals surface area contributed by atoms with Crippen molar-refractivity contribution in [3.05, 3.63) is 36.2 Å². The number of ether oxygens (including phenoxy) is 1. The number of aliphatic carboxylic acids is 1. The number of nitrogens with one attached hydrogen (secondary N) is 1. The third-order valence-corrected chi connectivity index (χ3v) is 2.86. The van der Waals surface area contributed by atoms with Crippen LogP contribution in [0.1, 0.15) is 17.4 Å². The molecule has 0 unspecified atom stereocenters. The average Bonchev–Trinajstić information content (AvgIpc) is 2.46. The van der Waals surface area contributed by atoms with Gasteiger partial charge in [-0.2, -0.15) is 0 Å². The molecule has 0 bridgehead atoms. The number of carbonyl (C=O) groups is 2. The number of amides is 1. The van der Waals surface area contributed by atoms with Crippen LogP contribution in [-0.4, -0.2) is 35.1 Å². The number of hydrogen-bond donors (Lipinski definition) is 2. The minimum Gasteiger partial charge on any atom is -0.479 e.